The van der Waals surface area contributed by atoms with Gasteiger partial charge >= 0.3 is 12.0 Å². The highest BCUT2D eigenvalue weighted by Gasteiger charge is 2.22. The van der Waals surface area contributed by atoms with E-state index in [1.54, 1.807) is 13.8 Å². The van der Waals surface area contributed by atoms with Gasteiger partial charge < -0.3 is 21.1 Å². The second kappa shape index (κ2) is 7.48. The lowest BCUT2D eigenvalue weighted by atomic mass is 10.1. The Morgan fingerprint density at radius 2 is 1.65 bits per heavy atom. The smallest absolute Gasteiger partial charge is 0.326 e. The maximum atomic E-state index is 11.3. The van der Waals surface area contributed by atoms with Crippen LogP contribution in [0.25, 0.3) is 0 Å². The third-order valence-electron chi connectivity index (χ3n) is 2.00. The molecule has 0 heterocycles. The first-order chi connectivity index (χ1) is 7.84. The van der Waals surface area contributed by atoms with E-state index < -0.39 is 18.0 Å². The molecule has 0 aromatic heterocycles. The molecule has 1 atom stereocenters. The van der Waals surface area contributed by atoms with Crippen molar-refractivity contribution in [2.75, 3.05) is 13.1 Å². The van der Waals surface area contributed by atoms with Crippen LogP contribution in [0.15, 0.2) is 0 Å². The molecule has 7 heteroatoms. The molecule has 0 spiro atoms. The summed E-state index contributed by atoms with van der Waals surface area (Å²) in [6.07, 6.45) is 0. The van der Waals surface area contributed by atoms with Crippen LogP contribution >= 0.6 is 0 Å². The van der Waals surface area contributed by atoms with Gasteiger partial charge in [-0.25, -0.2) is 9.59 Å². The number of rotatable bonds is 6. The van der Waals surface area contributed by atoms with E-state index in [1.165, 1.54) is 6.92 Å². The van der Waals surface area contributed by atoms with Gasteiger partial charge in [0.25, 0.3) is 0 Å². The van der Waals surface area contributed by atoms with E-state index in [2.05, 4.69) is 16.0 Å². The van der Waals surface area contributed by atoms with Gasteiger partial charge in [0.05, 0.1) is 0 Å². The summed E-state index contributed by atoms with van der Waals surface area (Å²) in [6, 6.07) is -1.48. The average Bonchev–Trinajstić information content (AvgIpc) is 2.19. The molecular formula is C10H19N3O4. The Morgan fingerprint density at radius 3 is 2.06 bits per heavy atom. The summed E-state index contributed by atoms with van der Waals surface area (Å²) in [5.41, 5.74) is 0. The van der Waals surface area contributed by atoms with Crippen LogP contribution in [-0.2, 0) is 9.59 Å². The van der Waals surface area contributed by atoms with Gasteiger partial charge in [-0.2, -0.15) is 0 Å². The van der Waals surface area contributed by atoms with E-state index in [-0.39, 0.29) is 18.4 Å². The molecule has 0 bridgehead atoms. The van der Waals surface area contributed by atoms with Crippen molar-refractivity contribution in [3.63, 3.8) is 0 Å². The monoisotopic (exact) mass is 245 g/mol. The number of carboxylic acids is 1. The maximum Gasteiger partial charge on any atom is 0.326 e. The molecule has 0 aliphatic heterocycles. The second-order valence-electron chi connectivity index (χ2n) is 3.94. The van der Waals surface area contributed by atoms with Crippen LogP contribution in [-0.4, -0.2) is 42.1 Å². The molecule has 1 unspecified atom stereocenters. The highest BCUT2D eigenvalue weighted by atomic mass is 16.4. The Morgan fingerprint density at radius 1 is 1.12 bits per heavy atom. The lowest BCUT2D eigenvalue weighted by molar-refractivity contribution is -0.140. The minimum Gasteiger partial charge on any atom is -0.480 e. The fraction of sp³-hybridized carbons (Fsp3) is 0.700. The number of hydrogen-bond donors (Lipinski definition) is 4. The van der Waals surface area contributed by atoms with Crippen LogP contribution in [0.1, 0.15) is 20.8 Å². The number of amides is 3. The van der Waals surface area contributed by atoms with E-state index in [4.69, 9.17) is 5.11 Å². The molecule has 4 N–H and O–H groups in total. The van der Waals surface area contributed by atoms with Crippen molar-refractivity contribution in [1.29, 1.82) is 0 Å². The molecule has 17 heavy (non-hydrogen) atoms. The minimum absolute atomic E-state index is 0.183. The Hall–Kier alpha value is -1.79. The van der Waals surface area contributed by atoms with Crippen LogP contribution in [0.2, 0.25) is 0 Å². The van der Waals surface area contributed by atoms with Crippen LogP contribution in [0.3, 0.4) is 0 Å². The lowest BCUT2D eigenvalue weighted by Crippen LogP contribution is -2.49. The SMILES string of the molecule is CC(=O)NCCNC(=O)NC(C(=O)O)C(C)C. The van der Waals surface area contributed by atoms with Crippen molar-refractivity contribution in [2.24, 2.45) is 5.92 Å². The third kappa shape index (κ3) is 7.15. The van der Waals surface area contributed by atoms with Gasteiger partial charge in [-0.05, 0) is 5.92 Å². The summed E-state index contributed by atoms with van der Waals surface area (Å²) >= 11 is 0. The van der Waals surface area contributed by atoms with Crippen molar-refractivity contribution in [2.45, 2.75) is 26.8 Å². The zero-order valence-electron chi connectivity index (χ0n) is 10.2. The Balaban J connectivity index is 3.91. The number of carboxylic acid groups (broad SMARTS) is 1. The van der Waals surface area contributed by atoms with Crippen molar-refractivity contribution in [1.82, 2.24) is 16.0 Å². The molecule has 0 aliphatic carbocycles. The van der Waals surface area contributed by atoms with Gasteiger partial charge in [0, 0.05) is 20.0 Å². The number of hydrogen-bond acceptors (Lipinski definition) is 3. The predicted molar refractivity (Wildman–Crippen MR) is 61.5 cm³/mol. The Labute approximate surface area is 100.0 Å². The van der Waals surface area contributed by atoms with Crippen molar-refractivity contribution in [3.8, 4) is 0 Å². The Bertz CT molecular complexity index is 291. The van der Waals surface area contributed by atoms with E-state index in [9.17, 15) is 14.4 Å². The summed E-state index contributed by atoms with van der Waals surface area (Å²) in [4.78, 5) is 32.6. The molecule has 7 nitrogen and oxygen atoms in total. The van der Waals surface area contributed by atoms with Gasteiger partial charge in [-0.3, -0.25) is 4.79 Å². The van der Waals surface area contributed by atoms with Gasteiger partial charge in [-0.15, -0.1) is 0 Å². The molecule has 0 rings (SSSR count). The standard InChI is InChI=1S/C10H19N3O4/c1-6(2)8(9(15)16)13-10(17)12-5-4-11-7(3)14/h6,8H,4-5H2,1-3H3,(H,11,14)(H,15,16)(H2,12,13,17). The molecule has 0 saturated heterocycles. The van der Waals surface area contributed by atoms with Crippen molar-refractivity contribution < 1.29 is 19.5 Å². The van der Waals surface area contributed by atoms with Crippen LogP contribution < -0.4 is 16.0 Å². The molecule has 0 saturated carbocycles. The van der Waals surface area contributed by atoms with E-state index in [0.717, 1.165) is 0 Å². The van der Waals surface area contributed by atoms with Gasteiger partial charge in [-0.1, -0.05) is 13.8 Å². The third-order valence-corrected chi connectivity index (χ3v) is 2.00. The largest absolute Gasteiger partial charge is 0.480 e. The molecule has 0 aromatic carbocycles. The minimum atomic E-state index is -1.07. The normalized spacial score (nSPS) is 11.8. The summed E-state index contributed by atoms with van der Waals surface area (Å²) in [6.45, 7) is 5.34. The number of carbonyl (C=O) groups excluding carboxylic acids is 2. The molecule has 3 amide bonds. The van der Waals surface area contributed by atoms with Crippen molar-refractivity contribution in [3.05, 3.63) is 0 Å². The maximum absolute atomic E-state index is 11.3. The lowest BCUT2D eigenvalue weighted by Gasteiger charge is -2.18. The van der Waals surface area contributed by atoms with Crippen LogP contribution in [0.5, 0.6) is 0 Å². The molecule has 0 aliphatic rings. The predicted octanol–water partition coefficient (Wildman–Crippen LogP) is -0.469. The fourth-order valence-electron chi connectivity index (χ4n) is 1.12. The van der Waals surface area contributed by atoms with E-state index in [1.807, 2.05) is 0 Å². The number of urea groups is 1. The molecule has 98 valence electrons. The average molecular weight is 245 g/mol. The highest BCUT2D eigenvalue weighted by molar-refractivity contribution is 5.82. The van der Waals surface area contributed by atoms with E-state index >= 15 is 0 Å². The first-order valence-electron chi connectivity index (χ1n) is 5.36. The van der Waals surface area contributed by atoms with Gasteiger partial charge in [0.2, 0.25) is 5.91 Å². The van der Waals surface area contributed by atoms with Crippen molar-refractivity contribution >= 4 is 17.9 Å². The quantitative estimate of drug-likeness (QED) is 0.474. The van der Waals surface area contributed by atoms with E-state index in [0.29, 0.717) is 6.54 Å². The Kier molecular flexibility index (Phi) is 6.69. The summed E-state index contributed by atoms with van der Waals surface area (Å²) in [5, 5.41) is 16.1. The first kappa shape index (κ1) is 15.2. The summed E-state index contributed by atoms with van der Waals surface area (Å²) in [7, 11) is 0. The molecule has 0 aromatic rings. The zero-order chi connectivity index (χ0) is 13.4. The zero-order valence-corrected chi connectivity index (χ0v) is 10.2. The number of aliphatic carboxylic acids is 1. The van der Waals surface area contributed by atoms with Gasteiger partial charge in [0.15, 0.2) is 0 Å². The summed E-state index contributed by atoms with van der Waals surface area (Å²) in [5.74, 6) is -1.46. The molecular weight excluding hydrogens is 226 g/mol. The first-order valence-corrected chi connectivity index (χ1v) is 5.36. The fourth-order valence-corrected chi connectivity index (χ4v) is 1.12. The van der Waals surface area contributed by atoms with Crippen LogP contribution in [0, 0.1) is 5.92 Å². The topological polar surface area (TPSA) is 108 Å². The molecule has 0 radical (unpaired) electrons. The second-order valence-corrected chi connectivity index (χ2v) is 3.94. The number of nitrogens with one attached hydrogen (secondary N) is 3. The highest BCUT2D eigenvalue weighted by Crippen LogP contribution is 2.00. The van der Waals surface area contributed by atoms with Gasteiger partial charge in [0.1, 0.15) is 6.04 Å². The number of carbonyl (C=O) groups is 3. The summed E-state index contributed by atoms with van der Waals surface area (Å²) < 4.78 is 0. The van der Waals surface area contributed by atoms with Crippen LogP contribution in [0.4, 0.5) is 4.79 Å². The molecule has 0 fully saturated rings.